The van der Waals surface area contributed by atoms with Crippen LogP contribution in [0.15, 0.2) is 30.3 Å². The van der Waals surface area contributed by atoms with Crippen molar-refractivity contribution >= 4 is 6.09 Å². The lowest BCUT2D eigenvalue weighted by Gasteiger charge is -2.55. The number of amides is 1. The Balaban J connectivity index is 1.53. The lowest BCUT2D eigenvalue weighted by Crippen LogP contribution is -2.63. The molecule has 1 amide bonds. The van der Waals surface area contributed by atoms with Gasteiger partial charge in [-0.3, -0.25) is 4.90 Å². The maximum atomic E-state index is 12.5. The van der Waals surface area contributed by atoms with Crippen molar-refractivity contribution in [1.82, 2.24) is 10.2 Å². The van der Waals surface area contributed by atoms with Crippen molar-refractivity contribution < 1.29 is 9.53 Å². The molecule has 212 valence electrons. The van der Waals surface area contributed by atoms with Crippen LogP contribution in [0.3, 0.4) is 0 Å². The van der Waals surface area contributed by atoms with Gasteiger partial charge in [0.25, 0.3) is 0 Å². The molecule has 0 aliphatic carbocycles. The van der Waals surface area contributed by atoms with E-state index < -0.39 is 0 Å². The van der Waals surface area contributed by atoms with Crippen molar-refractivity contribution in [3.8, 4) is 0 Å². The molecule has 1 aliphatic heterocycles. The number of carbonyl (C=O) groups excluding carboxylic acids is 1. The Hall–Kier alpha value is -1.55. The highest BCUT2D eigenvalue weighted by Crippen LogP contribution is 2.39. The first-order valence-electron chi connectivity index (χ1n) is 15.5. The predicted octanol–water partition coefficient (Wildman–Crippen LogP) is 9.42. The van der Waals surface area contributed by atoms with Gasteiger partial charge in [0, 0.05) is 23.7 Å². The molecule has 0 radical (unpaired) electrons. The number of hydrogen-bond donors (Lipinski definition) is 1. The number of nitrogens with zero attached hydrogens (tertiary/aromatic N) is 1. The third kappa shape index (κ3) is 12.7. The van der Waals surface area contributed by atoms with Gasteiger partial charge < -0.3 is 10.1 Å². The molecule has 1 fully saturated rings. The lowest BCUT2D eigenvalue weighted by atomic mass is 9.76. The van der Waals surface area contributed by atoms with Gasteiger partial charge in [-0.2, -0.15) is 0 Å². The molecule has 0 saturated carbocycles. The average molecular weight is 515 g/mol. The molecule has 0 bridgehead atoms. The summed E-state index contributed by atoms with van der Waals surface area (Å²) in [6.45, 7) is 12.9. The number of hydrogen-bond acceptors (Lipinski definition) is 3. The fourth-order valence-electron chi connectivity index (χ4n) is 6.28. The second-order valence-electron chi connectivity index (χ2n) is 12.7. The van der Waals surface area contributed by atoms with E-state index in [9.17, 15) is 4.79 Å². The van der Waals surface area contributed by atoms with Crippen molar-refractivity contribution in [2.24, 2.45) is 0 Å². The third-order valence-corrected chi connectivity index (χ3v) is 8.19. The third-order valence-electron chi connectivity index (χ3n) is 8.19. The molecule has 0 unspecified atom stereocenters. The molecular weight excluding hydrogens is 456 g/mol. The minimum atomic E-state index is -0.247. The van der Waals surface area contributed by atoms with E-state index >= 15 is 0 Å². The average Bonchev–Trinajstić information content (AvgIpc) is 2.84. The standard InChI is InChI=1S/C33H58N2O2/c1-6-7-8-9-10-11-12-13-14-15-16-17-18-22-25-37-31(36)34-30-26-32(2,3)35(33(4,5)27-30)28-29-23-20-19-21-24-29/h19-21,23-24,30H,6-18,22,25-28H2,1-5H3,(H,34,36). The van der Waals surface area contributed by atoms with E-state index in [2.05, 4.69) is 75.2 Å². The fraction of sp³-hybridized carbons (Fsp3) is 0.788. The normalized spacial score (nSPS) is 17.5. The van der Waals surface area contributed by atoms with E-state index in [1.54, 1.807) is 0 Å². The van der Waals surface area contributed by atoms with E-state index in [1.807, 2.05) is 0 Å². The Kier molecular flexibility index (Phi) is 14.7. The Morgan fingerprint density at radius 2 is 1.24 bits per heavy atom. The van der Waals surface area contributed by atoms with Gasteiger partial charge in [0.05, 0.1) is 6.61 Å². The molecule has 1 heterocycles. The Bertz CT molecular complexity index is 713. The van der Waals surface area contributed by atoms with Gasteiger partial charge in [0.1, 0.15) is 0 Å². The fourth-order valence-corrected chi connectivity index (χ4v) is 6.28. The summed E-state index contributed by atoms with van der Waals surface area (Å²) in [4.78, 5) is 15.1. The van der Waals surface area contributed by atoms with Gasteiger partial charge in [0.15, 0.2) is 0 Å². The maximum Gasteiger partial charge on any atom is 0.407 e. The van der Waals surface area contributed by atoms with Crippen molar-refractivity contribution in [2.75, 3.05) is 6.61 Å². The summed E-state index contributed by atoms with van der Waals surface area (Å²) in [6.07, 6.45) is 20.3. The summed E-state index contributed by atoms with van der Waals surface area (Å²) in [5, 5.41) is 3.18. The summed E-state index contributed by atoms with van der Waals surface area (Å²) in [7, 11) is 0. The second-order valence-corrected chi connectivity index (χ2v) is 12.7. The first-order chi connectivity index (χ1) is 17.7. The second kappa shape index (κ2) is 17.1. The molecule has 0 aromatic heterocycles. The van der Waals surface area contributed by atoms with Crippen LogP contribution >= 0.6 is 0 Å². The molecule has 1 N–H and O–H groups in total. The Labute approximate surface area is 229 Å². The van der Waals surface area contributed by atoms with Crippen molar-refractivity contribution in [2.45, 2.75) is 161 Å². The van der Waals surface area contributed by atoms with E-state index in [1.165, 1.54) is 82.6 Å². The summed E-state index contributed by atoms with van der Waals surface area (Å²) >= 11 is 0. The largest absolute Gasteiger partial charge is 0.450 e. The quantitative estimate of drug-likeness (QED) is 0.198. The number of ether oxygens (including phenoxy) is 1. The van der Waals surface area contributed by atoms with Gasteiger partial charge in [-0.15, -0.1) is 0 Å². The van der Waals surface area contributed by atoms with Crippen LogP contribution in [-0.2, 0) is 11.3 Å². The maximum absolute atomic E-state index is 12.5. The van der Waals surface area contributed by atoms with E-state index in [4.69, 9.17) is 4.74 Å². The van der Waals surface area contributed by atoms with Gasteiger partial charge in [-0.25, -0.2) is 4.79 Å². The molecule has 0 spiro atoms. The first kappa shape index (κ1) is 31.7. The van der Waals surface area contributed by atoms with Crippen LogP contribution in [0.1, 0.15) is 143 Å². The molecule has 2 rings (SSSR count). The van der Waals surface area contributed by atoms with Crippen LogP contribution in [0.25, 0.3) is 0 Å². The van der Waals surface area contributed by atoms with Crippen LogP contribution in [0, 0.1) is 0 Å². The number of likely N-dealkylation sites (tertiary alicyclic amines) is 1. The van der Waals surface area contributed by atoms with Crippen molar-refractivity contribution in [1.29, 1.82) is 0 Å². The number of alkyl carbamates (subject to hydrolysis) is 1. The van der Waals surface area contributed by atoms with Crippen LogP contribution in [0.5, 0.6) is 0 Å². The number of piperidine rings is 1. The molecule has 4 heteroatoms. The summed E-state index contributed by atoms with van der Waals surface area (Å²) in [5.41, 5.74) is 1.32. The van der Waals surface area contributed by atoms with Gasteiger partial charge in [-0.1, -0.05) is 121 Å². The number of nitrogens with one attached hydrogen (secondary N) is 1. The van der Waals surface area contributed by atoms with E-state index in [-0.39, 0.29) is 23.2 Å². The number of unbranched alkanes of at least 4 members (excludes halogenated alkanes) is 13. The van der Waals surface area contributed by atoms with Crippen molar-refractivity contribution in [3.05, 3.63) is 35.9 Å². The molecule has 1 saturated heterocycles. The molecular formula is C33H58N2O2. The smallest absolute Gasteiger partial charge is 0.407 e. The van der Waals surface area contributed by atoms with E-state index in [0.29, 0.717) is 6.61 Å². The first-order valence-corrected chi connectivity index (χ1v) is 15.5. The molecule has 0 atom stereocenters. The van der Waals surface area contributed by atoms with Crippen LogP contribution in [0.4, 0.5) is 4.79 Å². The zero-order valence-corrected chi connectivity index (χ0v) is 25.0. The highest BCUT2D eigenvalue weighted by Gasteiger charge is 2.45. The highest BCUT2D eigenvalue weighted by atomic mass is 16.5. The van der Waals surface area contributed by atoms with Crippen LogP contribution in [-0.4, -0.2) is 34.7 Å². The van der Waals surface area contributed by atoms with Gasteiger partial charge >= 0.3 is 6.09 Å². The minimum Gasteiger partial charge on any atom is -0.450 e. The van der Waals surface area contributed by atoms with Crippen molar-refractivity contribution in [3.63, 3.8) is 0 Å². The zero-order chi connectivity index (χ0) is 27.0. The molecule has 1 aromatic rings. The Morgan fingerprint density at radius 3 is 1.73 bits per heavy atom. The van der Waals surface area contributed by atoms with Gasteiger partial charge in [-0.05, 0) is 52.5 Å². The van der Waals surface area contributed by atoms with E-state index in [0.717, 1.165) is 32.2 Å². The summed E-state index contributed by atoms with van der Waals surface area (Å²) < 4.78 is 5.55. The topological polar surface area (TPSA) is 41.6 Å². The highest BCUT2D eigenvalue weighted by molar-refractivity contribution is 5.67. The molecule has 4 nitrogen and oxygen atoms in total. The molecule has 1 aromatic carbocycles. The SMILES string of the molecule is CCCCCCCCCCCCCCCCOC(=O)NC1CC(C)(C)N(Cc2ccccc2)C(C)(C)C1. The van der Waals surface area contributed by atoms with Crippen LogP contribution in [0.2, 0.25) is 0 Å². The summed E-state index contributed by atoms with van der Waals surface area (Å²) in [6, 6.07) is 10.8. The number of carbonyl (C=O) groups is 1. The Morgan fingerprint density at radius 1 is 0.784 bits per heavy atom. The van der Waals surface area contributed by atoms with Gasteiger partial charge in [0.2, 0.25) is 0 Å². The molecule has 37 heavy (non-hydrogen) atoms. The zero-order valence-electron chi connectivity index (χ0n) is 25.0. The number of benzene rings is 1. The summed E-state index contributed by atoms with van der Waals surface area (Å²) in [5.74, 6) is 0. The monoisotopic (exact) mass is 514 g/mol. The number of rotatable bonds is 18. The minimum absolute atomic E-state index is 0.00975. The van der Waals surface area contributed by atoms with Crippen LogP contribution < -0.4 is 5.32 Å². The predicted molar refractivity (Wildman–Crippen MR) is 158 cm³/mol. The molecule has 1 aliphatic rings. The lowest BCUT2D eigenvalue weighted by molar-refractivity contribution is -0.0470.